The molecule has 31 heavy (non-hydrogen) atoms. The molecule has 0 aliphatic heterocycles. The van der Waals surface area contributed by atoms with Gasteiger partial charge in [-0.2, -0.15) is 0 Å². The molecule has 1 heterocycles. The van der Waals surface area contributed by atoms with Gasteiger partial charge in [0.15, 0.2) is 6.61 Å². The van der Waals surface area contributed by atoms with E-state index in [1.807, 2.05) is 51.1 Å². The largest absolute Gasteiger partial charge is 0.484 e. The number of benzene rings is 2. The lowest BCUT2D eigenvalue weighted by atomic mass is 9.95. The SMILES string of the molecule is Cn1cc(NC(=O)COc2cccc(NC(=O)C(C)(C)C)c2)c(=O)n1-c1ccccc1. The van der Waals surface area contributed by atoms with Crippen molar-refractivity contribution < 1.29 is 14.3 Å². The number of amides is 2. The number of carbonyl (C=O) groups excluding carboxylic acids is 2. The van der Waals surface area contributed by atoms with E-state index in [0.29, 0.717) is 17.1 Å². The lowest BCUT2D eigenvalue weighted by Gasteiger charge is -2.18. The van der Waals surface area contributed by atoms with E-state index in [1.165, 1.54) is 4.68 Å². The number of nitrogens with one attached hydrogen (secondary N) is 2. The van der Waals surface area contributed by atoms with E-state index in [-0.39, 0.29) is 23.8 Å². The van der Waals surface area contributed by atoms with Gasteiger partial charge in [-0.15, -0.1) is 0 Å². The van der Waals surface area contributed by atoms with E-state index in [4.69, 9.17) is 4.74 Å². The standard InChI is InChI=1S/C23H26N4O4/c1-23(2,3)22(30)24-16-9-8-12-18(13-16)31-15-20(28)25-19-14-26(4)27(21(19)29)17-10-6-5-7-11-17/h5-14H,15H2,1-4H3,(H,24,30)(H,25,28). The zero-order valence-corrected chi connectivity index (χ0v) is 18.0. The van der Waals surface area contributed by atoms with Gasteiger partial charge in [0.05, 0.1) is 11.9 Å². The summed E-state index contributed by atoms with van der Waals surface area (Å²) in [6.45, 7) is 5.18. The molecule has 2 N–H and O–H groups in total. The molecule has 0 atom stereocenters. The second-order valence-corrected chi connectivity index (χ2v) is 8.14. The number of carbonyl (C=O) groups is 2. The van der Waals surface area contributed by atoms with Gasteiger partial charge in [0, 0.05) is 24.2 Å². The highest BCUT2D eigenvalue weighted by atomic mass is 16.5. The van der Waals surface area contributed by atoms with Gasteiger partial charge in [-0.3, -0.25) is 19.1 Å². The summed E-state index contributed by atoms with van der Waals surface area (Å²) in [4.78, 5) is 37.1. The summed E-state index contributed by atoms with van der Waals surface area (Å²) in [6.07, 6.45) is 1.55. The predicted molar refractivity (Wildman–Crippen MR) is 120 cm³/mol. The first-order valence-electron chi connectivity index (χ1n) is 9.83. The third-order valence-corrected chi connectivity index (χ3v) is 4.47. The van der Waals surface area contributed by atoms with Gasteiger partial charge in [0.2, 0.25) is 5.91 Å². The number of anilines is 2. The van der Waals surface area contributed by atoms with E-state index in [1.54, 1.807) is 42.2 Å². The Balaban J connectivity index is 1.63. The molecule has 0 bridgehead atoms. The van der Waals surface area contributed by atoms with Gasteiger partial charge in [-0.1, -0.05) is 45.0 Å². The van der Waals surface area contributed by atoms with E-state index in [2.05, 4.69) is 10.6 Å². The molecule has 0 saturated carbocycles. The van der Waals surface area contributed by atoms with Crippen LogP contribution in [-0.4, -0.2) is 27.8 Å². The first kappa shape index (κ1) is 21.9. The van der Waals surface area contributed by atoms with Gasteiger partial charge >= 0.3 is 0 Å². The average Bonchev–Trinajstić information content (AvgIpc) is 2.99. The Hall–Kier alpha value is -3.81. The summed E-state index contributed by atoms with van der Waals surface area (Å²) in [5.74, 6) is -0.162. The number of rotatable bonds is 6. The average molecular weight is 422 g/mol. The van der Waals surface area contributed by atoms with Crippen molar-refractivity contribution in [3.8, 4) is 11.4 Å². The number of hydrogen-bond donors (Lipinski definition) is 2. The molecule has 0 aliphatic carbocycles. The van der Waals surface area contributed by atoms with Crippen molar-refractivity contribution in [1.29, 1.82) is 0 Å². The summed E-state index contributed by atoms with van der Waals surface area (Å²) in [5.41, 5.74) is 0.562. The van der Waals surface area contributed by atoms with Crippen LogP contribution < -0.4 is 20.9 Å². The van der Waals surface area contributed by atoms with Gasteiger partial charge in [0.1, 0.15) is 11.4 Å². The van der Waals surface area contributed by atoms with Crippen LogP contribution in [0.5, 0.6) is 5.75 Å². The number of hydrogen-bond acceptors (Lipinski definition) is 4. The van der Waals surface area contributed by atoms with E-state index >= 15 is 0 Å². The smallest absolute Gasteiger partial charge is 0.295 e. The predicted octanol–water partition coefficient (Wildman–Crippen LogP) is 3.18. The minimum absolute atomic E-state index is 0.124. The van der Waals surface area contributed by atoms with E-state index < -0.39 is 11.3 Å². The number of aryl methyl sites for hydroxylation is 1. The molecule has 8 nitrogen and oxygen atoms in total. The monoisotopic (exact) mass is 422 g/mol. The number of para-hydroxylation sites is 1. The lowest BCUT2D eigenvalue weighted by Crippen LogP contribution is -2.27. The van der Waals surface area contributed by atoms with Crippen LogP contribution in [0.25, 0.3) is 5.69 Å². The molecule has 0 aliphatic rings. The quantitative estimate of drug-likeness (QED) is 0.638. The molecule has 3 aromatic rings. The minimum Gasteiger partial charge on any atom is -0.484 e. The zero-order chi connectivity index (χ0) is 22.6. The fraction of sp³-hybridized carbons (Fsp3) is 0.261. The number of nitrogens with zero attached hydrogens (tertiary/aromatic N) is 2. The maximum atomic E-state index is 12.7. The Morgan fingerprint density at radius 3 is 2.39 bits per heavy atom. The highest BCUT2D eigenvalue weighted by Crippen LogP contribution is 2.21. The van der Waals surface area contributed by atoms with Crippen LogP contribution in [0.15, 0.2) is 65.6 Å². The van der Waals surface area contributed by atoms with Crippen molar-refractivity contribution in [2.75, 3.05) is 17.2 Å². The topological polar surface area (TPSA) is 94.4 Å². The second kappa shape index (κ2) is 8.91. The van der Waals surface area contributed by atoms with Crippen LogP contribution in [0.4, 0.5) is 11.4 Å². The Morgan fingerprint density at radius 2 is 1.71 bits per heavy atom. The second-order valence-electron chi connectivity index (χ2n) is 8.14. The van der Waals surface area contributed by atoms with Gasteiger partial charge in [-0.25, -0.2) is 4.68 Å². The van der Waals surface area contributed by atoms with Crippen LogP contribution in [-0.2, 0) is 16.6 Å². The maximum absolute atomic E-state index is 12.7. The lowest BCUT2D eigenvalue weighted by molar-refractivity contribution is -0.123. The number of ether oxygens (including phenoxy) is 1. The zero-order valence-electron chi connectivity index (χ0n) is 18.0. The Labute approximate surface area is 180 Å². The van der Waals surface area contributed by atoms with Gasteiger partial charge in [-0.05, 0) is 24.3 Å². The first-order valence-corrected chi connectivity index (χ1v) is 9.83. The molecule has 0 radical (unpaired) electrons. The molecule has 0 unspecified atom stereocenters. The van der Waals surface area contributed by atoms with Crippen LogP contribution in [0, 0.1) is 5.41 Å². The minimum atomic E-state index is -0.529. The molecule has 0 fully saturated rings. The fourth-order valence-corrected chi connectivity index (χ4v) is 2.83. The molecule has 3 rings (SSSR count). The molecular weight excluding hydrogens is 396 g/mol. The molecule has 0 saturated heterocycles. The van der Waals surface area contributed by atoms with Crippen LogP contribution in [0.2, 0.25) is 0 Å². The van der Waals surface area contributed by atoms with Gasteiger partial charge in [0.25, 0.3) is 11.5 Å². The van der Waals surface area contributed by atoms with Crippen molar-refractivity contribution in [3.05, 3.63) is 71.1 Å². The summed E-state index contributed by atoms with van der Waals surface area (Å²) >= 11 is 0. The number of aromatic nitrogens is 2. The Kier molecular flexibility index (Phi) is 6.29. The van der Waals surface area contributed by atoms with E-state index in [9.17, 15) is 14.4 Å². The summed E-state index contributed by atoms with van der Waals surface area (Å²) in [5, 5.41) is 5.41. The van der Waals surface area contributed by atoms with Crippen molar-refractivity contribution in [2.24, 2.45) is 12.5 Å². The van der Waals surface area contributed by atoms with Crippen molar-refractivity contribution in [3.63, 3.8) is 0 Å². The van der Waals surface area contributed by atoms with Crippen molar-refractivity contribution >= 4 is 23.2 Å². The summed E-state index contributed by atoms with van der Waals surface area (Å²) in [6, 6.07) is 15.9. The van der Waals surface area contributed by atoms with Crippen LogP contribution in [0.3, 0.4) is 0 Å². The first-order chi connectivity index (χ1) is 14.6. The van der Waals surface area contributed by atoms with Crippen molar-refractivity contribution in [1.82, 2.24) is 9.36 Å². The molecule has 1 aromatic heterocycles. The molecular formula is C23H26N4O4. The molecule has 2 aromatic carbocycles. The molecule has 0 spiro atoms. The third kappa shape index (κ3) is 5.42. The van der Waals surface area contributed by atoms with Crippen molar-refractivity contribution in [2.45, 2.75) is 20.8 Å². The molecule has 8 heteroatoms. The molecule has 2 amide bonds. The highest BCUT2D eigenvalue weighted by molar-refractivity contribution is 5.94. The third-order valence-electron chi connectivity index (χ3n) is 4.47. The van der Waals surface area contributed by atoms with Crippen LogP contribution in [0.1, 0.15) is 20.8 Å². The molecule has 162 valence electrons. The highest BCUT2D eigenvalue weighted by Gasteiger charge is 2.21. The van der Waals surface area contributed by atoms with E-state index in [0.717, 1.165) is 0 Å². The normalized spacial score (nSPS) is 11.1. The summed E-state index contributed by atoms with van der Waals surface area (Å²) < 4.78 is 8.59. The van der Waals surface area contributed by atoms with Crippen LogP contribution >= 0.6 is 0 Å². The fourth-order valence-electron chi connectivity index (χ4n) is 2.83. The Morgan fingerprint density at radius 1 is 1.00 bits per heavy atom. The Bertz CT molecular complexity index is 1140. The maximum Gasteiger partial charge on any atom is 0.295 e. The summed E-state index contributed by atoms with van der Waals surface area (Å²) in [7, 11) is 1.72. The van der Waals surface area contributed by atoms with Gasteiger partial charge < -0.3 is 15.4 Å².